The highest BCUT2D eigenvalue weighted by Gasteiger charge is 2.29. The molecule has 0 spiro atoms. The molecular weight excluding hydrogens is 388 g/mol. The van der Waals surface area contributed by atoms with Crippen molar-refractivity contribution in [3.63, 3.8) is 0 Å². The highest BCUT2D eigenvalue weighted by molar-refractivity contribution is 5.79. The molecule has 1 saturated carbocycles. The van der Waals surface area contributed by atoms with Gasteiger partial charge in [0.05, 0.1) is 6.54 Å². The van der Waals surface area contributed by atoms with Crippen molar-refractivity contribution in [1.29, 1.82) is 0 Å². The standard InChI is InChI=1S/C25H40N4O2/c1-25(2,3)29(18-20-10-6-4-7-11-20)23(30)19-28-16-14-22(15-17-28)27-24(31)26-21-12-8-5-9-13-21/h4,6-7,10-11,21-22H,5,8-9,12-19H2,1-3H3,(H2,26,27,31). The molecule has 6 heteroatoms. The molecule has 1 saturated heterocycles. The van der Waals surface area contributed by atoms with Crippen LogP contribution < -0.4 is 10.6 Å². The quantitative estimate of drug-likeness (QED) is 0.722. The molecule has 172 valence electrons. The van der Waals surface area contributed by atoms with E-state index in [1.807, 2.05) is 23.1 Å². The number of carbonyl (C=O) groups excluding carboxylic acids is 2. The van der Waals surface area contributed by atoms with Crippen molar-refractivity contribution in [2.24, 2.45) is 0 Å². The zero-order valence-electron chi connectivity index (χ0n) is 19.5. The number of rotatable bonds is 6. The number of benzene rings is 1. The third kappa shape index (κ3) is 7.53. The predicted molar refractivity (Wildman–Crippen MR) is 125 cm³/mol. The Balaban J connectivity index is 1.44. The van der Waals surface area contributed by atoms with Crippen molar-refractivity contribution in [2.75, 3.05) is 19.6 Å². The summed E-state index contributed by atoms with van der Waals surface area (Å²) in [6, 6.07) is 10.7. The van der Waals surface area contributed by atoms with E-state index in [1.54, 1.807) is 0 Å². The third-order valence-corrected chi connectivity index (χ3v) is 6.52. The summed E-state index contributed by atoms with van der Waals surface area (Å²) >= 11 is 0. The van der Waals surface area contributed by atoms with E-state index in [0.29, 0.717) is 19.1 Å². The average Bonchev–Trinajstić information content (AvgIpc) is 2.74. The number of urea groups is 1. The Morgan fingerprint density at radius 2 is 1.52 bits per heavy atom. The molecule has 0 unspecified atom stereocenters. The zero-order chi connectivity index (χ0) is 22.3. The van der Waals surface area contributed by atoms with Crippen LogP contribution in [0.25, 0.3) is 0 Å². The van der Waals surface area contributed by atoms with Gasteiger partial charge < -0.3 is 15.5 Å². The fraction of sp³-hybridized carbons (Fsp3) is 0.680. The van der Waals surface area contributed by atoms with Crippen LogP contribution in [-0.2, 0) is 11.3 Å². The predicted octanol–water partition coefficient (Wildman–Crippen LogP) is 3.91. The fourth-order valence-electron chi connectivity index (χ4n) is 4.64. The van der Waals surface area contributed by atoms with Crippen molar-refractivity contribution in [2.45, 2.75) is 89.9 Å². The zero-order valence-corrected chi connectivity index (χ0v) is 19.5. The Bertz CT molecular complexity index is 702. The monoisotopic (exact) mass is 428 g/mol. The van der Waals surface area contributed by atoms with E-state index >= 15 is 0 Å². The van der Waals surface area contributed by atoms with Gasteiger partial charge in [-0.05, 0) is 52.0 Å². The summed E-state index contributed by atoms with van der Waals surface area (Å²) in [5, 5.41) is 6.29. The van der Waals surface area contributed by atoms with Gasteiger partial charge in [-0.1, -0.05) is 49.6 Å². The molecule has 31 heavy (non-hydrogen) atoms. The number of carbonyl (C=O) groups is 2. The number of nitrogens with zero attached hydrogens (tertiary/aromatic N) is 2. The van der Waals surface area contributed by atoms with Gasteiger partial charge in [-0.3, -0.25) is 9.69 Å². The van der Waals surface area contributed by atoms with E-state index < -0.39 is 0 Å². The molecule has 2 fully saturated rings. The van der Waals surface area contributed by atoms with Gasteiger partial charge in [0, 0.05) is 37.3 Å². The fourth-order valence-corrected chi connectivity index (χ4v) is 4.64. The van der Waals surface area contributed by atoms with Crippen LogP contribution in [-0.4, -0.2) is 59.0 Å². The van der Waals surface area contributed by atoms with E-state index in [0.717, 1.165) is 44.3 Å². The number of amides is 3. The lowest BCUT2D eigenvalue weighted by molar-refractivity contribution is -0.138. The summed E-state index contributed by atoms with van der Waals surface area (Å²) in [5.74, 6) is 0.165. The number of piperidine rings is 1. The van der Waals surface area contributed by atoms with Gasteiger partial charge in [-0.15, -0.1) is 0 Å². The lowest BCUT2D eigenvalue weighted by Crippen LogP contribution is -2.53. The van der Waals surface area contributed by atoms with Gasteiger partial charge in [0.1, 0.15) is 0 Å². The molecule has 0 bridgehead atoms. The van der Waals surface area contributed by atoms with Gasteiger partial charge in [-0.2, -0.15) is 0 Å². The van der Waals surface area contributed by atoms with E-state index in [9.17, 15) is 9.59 Å². The lowest BCUT2D eigenvalue weighted by Gasteiger charge is -2.39. The van der Waals surface area contributed by atoms with Crippen molar-refractivity contribution < 1.29 is 9.59 Å². The minimum Gasteiger partial charge on any atom is -0.335 e. The van der Waals surface area contributed by atoms with Crippen LogP contribution in [0.15, 0.2) is 30.3 Å². The summed E-state index contributed by atoms with van der Waals surface area (Å²) in [4.78, 5) is 29.7. The Morgan fingerprint density at radius 3 is 2.10 bits per heavy atom. The minimum atomic E-state index is -0.232. The molecule has 1 aliphatic heterocycles. The molecule has 3 rings (SSSR count). The molecule has 6 nitrogen and oxygen atoms in total. The maximum atomic E-state index is 13.1. The maximum absolute atomic E-state index is 13.1. The molecule has 1 aliphatic carbocycles. The molecule has 2 aliphatic rings. The number of likely N-dealkylation sites (tertiary alicyclic amines) is 1. The average molecular weight is 429 g/mol. The van der Waals surface area contributed by atoms with Crippen molar-refractivity contribution >= 4 is 11.9 Å². The highest BCUT2D eigenvalue weighted by Crippen LogP contribution is 2.20. The summed E-state index contributed by atoms with van der Waals surface area (Å²) in [7, 11) is 0. The Labute approximate surface area is 187 Å². The molecule has 0 radical (unpaired) electrons. The first-order valence-electron chi connectivity index (χ1n) is 11.9. The van der Waals surface area contributed by atoms with E-state index in [1.165, 1.54) is 19.3 Å². The van der Waals surface area contributed by atoms with E-state index in [4.69, 9.17) is 0 Å². The van der Waals surface area contributed by atoms with Crippen molar-refractivity contribution in [3.8, 4) is 0 Å². The van der Waals surface area contributed by atoms with Crippen molar-refractivity contribution in [3.05, 3.63) is 35.9 Å². The lowest BCUT2D eigenvalue weighted by atomic mass is 9.96. The van der Waals surface area contributed by atoms with E-state index in [2.05, 4.69) is 48.4 Å². The van der Waals surface area contributed by atoms with Gasteiger partial charge in [-0.25, -0.2) is 4.79 Å². The summed E-state index contributed by atoms with van der Waals surface area (Å²) in [6.07, 6.45) is 7.69. The van der Waals surface area contributed by atoms with Gasteiger partial charge in [0.2, 0.25) is 5.91 Å². The van der Waals surface area contributed by atoms with Crippen LogP contribution in [0.3, 0.4) is 0 Å². The summed E-state index contributed by atoms with van der Waals surface area (Å²) in [5.41, 5.74) is 0.918. The second kappa shape index (κ2) is 11.0. The summed E-state index contributed by atoms with van der Waals surface area (Å²) in [6.45, 7) is 9.01. The Hall–Kier alpha value is -2.08. The molecule has 3 amide bonds. The Morgan fingerprint density at radius 1 is 0.935 bits per heavy atom. The summed E-state index contributed by atoms with van der Waals surface area (Å²) < 4.78 is 0. The third-order valence-electron chi connectivity index (χ3n) is 6.52. The van der Waals surface area contributed by atoms with Crippen LogP contribution in [0.1, 0.15) is 71.3 Å². The largest absolute Gasteiger partial charge is 0.335 e. The molecule has 0 atom stereocenters. The van der Waals surface area contributed by atoms with Crippen LogP contribution in [0, 0.1) is 0 Å². The van der Waals surface area contributed by atoms with E-state index in [-0.39, 0.29) is 23.5 Å². The van der Waals surface area contributed by atoms with Crippen LogP contribution in [0.2, 0.25) is 0 Å². The van der Waals surface area contributed by atoms with Crippen LogP contribution in [0.5, 0.6) is 0 Å². The normalized spacial score (nSPS) is 19.1. The van der Waals surface area contributed by atoms with Crippen LogP contribution in [0.4, 0.5) is 4.79 Å². The first-order valence-corrected chi connectivity index (χ1v) is 11.9. The SMILES string of the molecule is CC(C)(C)N(Cc1ccccc1)C(=O)CN1CCC(NC(=O)NC2CCCCC2)CC1. The second-order valence-electron chi connectivity index (χ2n) is 10.1. The topological polar surface area (TPSA) is 64.7 Å². The first kappa shape index (κ1) is 23.6. The highest BCUT2D eigenvalue weighted by atomic mass is 16.2. The van der Waals surface area contributed by atoms with Gasteiger partial charge in [0.15, 0.2) is 0 Å². The number of nitrogens with one attached hydrogen (secondary N) is 2. The maximum Gasteiger partial charge on any atom is 0.315 e. The molecule has 2 N–H and O–H groups in total. The van der Waals surface area contributed by atoms with Crippen LogP contribution >= 0.6 is 0 Å². The molecular formula is C25H40N4O2. The molecule has 1 aromatic carbocycles. The number of hydrogen-bond donors (Lipinski definition) is 2. The first-order chi connectivity index (χ1) is 14.8. The van der Waals surface area contributed by atoms with Gasteiger partial charge in [0.25, 0.3) is 0 Å². The molecule has 1 aromatic rings. The van der Waals surface area contributed by atoms with Crippen molar-refractivity contribution in [1.82, 2.24) is 20.4 Å². The molecule has 1 heterocycles. The minimum absolute atomic E-state index is 0.0248. The smallest absolute Gasteiger partial charge is 0.315 e. The number of hydrogen-bond acceptors (Lipinski definition) is 3. The Kier molecular flexibility index (Phi) is 8.35. The van der Waals surface area contributed by atoms with Gasteiger partial charge >= 0.3 is 6.03 Å². The molecule has 0 aromatic heterocycles. The second-order valence-corrected chi connectivity index (χ2v) is 10.1.